The maximum atomic E-state index is 12.7. The van der Waals surface area contributed by atoms with E-state index in [0.717, 1.165) is 0 Å². The van der Waals surface area contributed by atoms with Gasteiger partial charge in [0.1, 0.15) is 6.61 Å². The number of carbonyl (C=O) groups is 3. The minimum atomic E-state index is -0.917. The Morgan fingerprint density at radius 2 is 1.08 bits per heavy atom. The molecule has 3 N–H and O–H groups in total. The third-order valence-electron chi connectivity index (χ3n) is 5.60. The predicted octanol–water partition coefficient (Wildman–Crippen LogP) is 2.69. The number of hydrogen-bond acceptors (Lipinski definition) is 8. The molecule has 0 atom stereocenters. The van der Waals surface area contributed by atoms with Gasteiger partial charge in [-0.05, 0) is 68.2 Å². The van der Waals surface area contributed by atoms with Crippen molar-refractivity contribution >= 4 is 17.8 Å². The Kier molecular flexibility index (Phi) is 16.2. The van der Waals surface area contributed by atoms with Crippen molar-refractivity contribution in [1.82, 2.24) is 10.6 Å². The minimum Gasteiger partial charge on any atom is -0.481 e. The number of carboxylic acids is 1. The molecule has 0 aromatic heterocycles. The van der Waals surface area contributed by atoms with Crippen LogP contribution in [0.15, 0.2) is 0 Å². The molecule has 0 rings (SSSR count). The molecule has 0 unspecified atom stereocenters. The highest BCUT2D eigenvalue weighted by molar-refractivity contribution is 5.78. The summed E-state index contributed by atoms with van der Waals surface area (Å²) >= 11 is 0. The van der Waals surface area contributed by atoms with Gasteiger partial charge in [0.05, 0.1) is 50.5 Å². The second-order valence-electron chi connectivity index (χ2n) is 12.0. The van der Waals surface area contributed by atoms with Crippen molar-refractivity contribution in [3.8, 4) is 0 Å². The van der Waals surface area contributed by atoms with E-state index >= 15 is 0 Å². The molecule has 11 heteroatoms. The monoisotopic (exact) mass is 548 g/mol. The molecule has 0 spiro atoms. The van der Waals surface area contributed by atoms with Crippen molar-refractivity contribution < 1.29 is 43.2 Å². The first-order valence-corrected chi connectivity index (χ1v) is 13.1. The number of ether oxygens (including phenoxy) is 5. The third kappa shape index (κ3) is 20.2. The number of carboxylic acid groups (broad SMARTS) is 1. The number of nitrogens with one attached hydrogen (secondary N) is 2. The van der Waals surface area contributed by atoms with Crippen molar-refractivity contribution in [2.45, 2.75) is 103 Å². The summed E-state index contributed by atoms with van der Waals surface area (Å²) in [6, 6.07) is 0. The molecule has 0 aliphatic carbocycles. The molecule has 0 bridgehead atoms. The second-order valence-corrected chi connectivity index (χ2v) is 12.0. The van der Waals surface area contributed by atoms with Gasteiger partial charge in [-0.1, -0.05) is 0 Å². The standard InChI is InChI=1S/C27H52N2O9/c1-24(2,10-13-38-27(7,8)19-23(32)33)28-21(30)18-26(5,6)37-12-11-25(3,4)29-22(31)20-36-17-16-35-15-14-34-9/h10-20H2,1-9H3,(H,28,30)(H,29,31)(H,32,33). The molecule has 0 saturated carbocycles. The summed E-state index contributed by atoms with van der Waals surface area (Å²) < 4.78 is 27.2. The van der Waals surface area contributed by atoms with Gasteiger partial charge in [-0.3, -0.25) is 14.4 Å². The molecule has 0 aliphatic rings. The van der Waals surface area contributed by atoms with Gasteiger partial charge in [0.25, 0.3) is 0 Å². The van der Waals surface area contributed by atoms with Gasteiger partial charge in [0, 0.05) is 31.4 Å². The van der Waals surface area contributed by atoms with E-state index in [1.54, 1.807) is 21.0 Å². The van der Waals surface area contributed by atoms with E-state index in [1.807, 2.05) is 41.5 Å². The molecular formula is C27H52N2O9. The van der Waals surface area contributed by atoms with Crippen LogP contribution in [0.3, 0.4) is 0 Å². The van der Waals surface area contributed by atoms with Gasteiger partial charge in [-0.25, -0.2) is 0 Å². The van der Waals surface area contributed by atoms with E-state index in [2.05, 4.69) is 10.6 Å². The van der Waals surface area contributed by atoms with Gasteiger partial charge in [-0.15, -0.1) is 0 Å². The van der Waals surface area contributed by atoms with Crippen LogP contribution in [0.2, 0.25) is 0 Å². The Balaban J connectivity index is 4.35. The van der Waals surface area contributed by atoms with Crippen LogP contribution in [0.1, 0.15) is 81.1 Å². The van der Waals surface area contributed by atoms with Gasteiger partial charge in [0.15, 0.2) is 0 Å². The quantitative estimate of drug-likeness (QED) is 0.174. The first kappa shape index (κ1) is 36.2. The zero-order valence-corrected chi connectivity index (χ0v) is 25.0. The van der Waals surface area contributed by atoms with E-state index in [1.165, 1.54) is 0 Å². The molecular weight excluding hydrogens is 496 g/mol. The first-order chi connectivity index (χ1) is 17.4. The number of carbonyl (C=O) groups excluding carboxylic acids is 2. The number of methoxy groups -OCH3 is 1. The third-order valence-corrected chi connectivity index (χ3v) is 5.60. The molecule has 0 radical (unpaired) electrons. The van der Waals surface area contributed by atoms with Crippen LogP contribution >= 0.6 is 0 Å². The molecule has 0 aliphatic heterocycles. The van der Waals surface area contributed by atoms with Crippen LogP contribution in [0.5, 0.6) is 0 Å². The van der Waals surface area contributed by atoms with Gasteiger partial charge < -0.3 is 39.4 Å². The number of amides is 2. The molecule has 11 nitrogen and oxygen atoms in total. The summed E-state index contributed by atoms with van der Waals surface area (Å²) in [4.78, 5) is 35.8. The summed E-state index contributed by atoms with van der Waals surface area (Å²) in [6.45, 7) is 17.1. The summed E-state index contributed by atoms with van der Waals surface area (Å²) in [5.41, 5.74) is -2.52. The summed E-state index contributed by atoms with van der Waals surface area (Å²) in [5, 5.41) is 14.9. The van der Waals surface area contributed by atoms with Gasteiger partial charge in [-0.2, -0.15) is 0 Å². The summed E-state index contributed by atoms with van der Waals surface area (Å²) in [6.07, 6.45) is 1.15. The fourth-order valence-electron chi connectivity index (χ4n) is 3.51. The van der Waals surface area contributed by atoms with Crippen LogP contribution in [0.25, 0.3) is 0 Å². The van der Waals surface area contributed by atoms with Crippen LogP contribution in [0.4, 0.5) is 0 Å². The molecule has 2 amide bonds. The minimum absolute atomic E-state index is 0.0541. The van der Waals surface area contributed by atoms with Crippen molar-refractivity contribution in [3.05, 3.63) is 0 Å². The highest BCUT2D eigenvalue weighted by atomic mass is 16.5. The van der Waals surface area contributed by atoms with Crippen LogP contribution in [-0.4, -0.2) is 98.5 Å². The van der Waals surface area contributed by atoms with Crippen molar-refractivity contribution in [2.75, 3.05) is 53.4 Å². The molecule has 224 valence electrons. The Bertz CT molecular complexity index is 721. The molecule has 0 fully saturated rings. The average Bonchev–Trinajstić information content (AvgIpc) is 2.69. The lowest BCUT2D eigenvalue weighted by molar-refractivity contribution is -0.144. The summed E-state index contributed by atoms with van der Waals surface area (Å²) in [7, 11) is 1.60. The summed E-state index contributed by atoms with van der Waals surface area (Å²) in [5.74, 6) is -1.29. The van der Waals surface area contributed by atoms with Crippen molar-refractivity contribution in [1.29, 1.82) is 0 Å². The van der Waals surface area contributed by atoms with Gasteiger partial charge >= 0.3 is 5.97 Å². The Labute approximate surface area is 228 Å². The molecule has 0 heterocycles. The number of aliphatic carboxylic acids is 1. The van der Waals surface area contributed by atoms with E-state index in [9.17, 15) is 14.4 Å². The van der Waals surface area contributed by atoms with Gasteiger partial charge in [0.2, 0.25) is 11.8 Å². The topological polar surface area (TPSA) is 142 Å². The van der Waals surface area contributed by atoms with E-state index in [4.69, 9.17) is 28.8 Å². The van der Waals surface area contributed by atoms with Crippen LogP contribution < -0.4 is 10.6 Å². The van der Waals surface area contributed by atoms with E-state index in [0.29, 0.717) is 52.5 Å². The second kappa shape index (κ2) is 17.0. The maximum absolute atomic E-state index is 12.7. The maximum Gasteiger partial charge on any atom is 0.306 e. The van der Waals surface area contributed by atoms with E-state index in [-0.39, 0.29) is 31.3 Å². The van der Waals surface area contributed by atoms with Crippen molar-refractivity contribution in [2.24, 2.45) is 0 Å². The number of rotatable bonds is 22. The Morgan fingerprint density at radius 1 is 0.632 bits per heavy atom. The zero-order chi connectivity index (χ0) is 29.5. The van der Waals surface area contributed by atoms with Crippen LogP contribution in [-0.2, 0) is 38.1 Å². The Morgan fingerprint density at radius 3 is 1.58 bits per heavy atom. The average molecular weight is 549 g/mol. The Hall–Kier alpha value is -1.79. The molecule has 0 aromatic carbocycles. The highest BCUT2D eigenvalue weighted by Gasteiger charge is 2.29. The molecule has 38 heavy (non-hydrogen) atoms. The SMILES string of the molecule is COCCOCCOCC(=O)NC(C)(C)CCOC(C)(C)CC(=O)NC(C)(C)CCOC(C)(C)CC(=O)O. The number of hydrogen-bond donors (Lipinski definition) is 3. The largest absolute Gasteiger partial charge is 0.481 e. The predicted molar refractivity (Wildman–Crippen MR) is 144 cm³/mol. The van der Waals surface area contributed by atoms with Crippen molar-refractivity contribution in [3.63, 3.8) is 0 Å². The normalized spacial score (nSPS) is 12.9. The van der Waals surface area contributed by atoms with Crippen LogP contribution in [0, 0.1) is 0 Å². The highest BCUT2D eigenvalue weighted by Crippen LogP contribution is 2.20. The lowest BCUT2D eigenvalue weighted by Crippen LogP contribution is -2.48. The molecule has 0 aromatic rings. The fourth-order valence-corrected chi connectivity index (χ4v) is 3.51. The molecule has 0 saturated heterocycles. The van der Waals surface area contributed by atoms with E-state index < -0.39 is 28.2 Å². The first-order valence-electron chi connectivity index (χ1n) is 13.1. The fraction of sp³-hybridized carbons (Fsp3) is 0.889. The lowest BCUT2D eigenvalue weighted by Gasteiger charge is -2.32. The zero-order valence-electron chi connectivity index (χ0n) is 25.0. The lowest BCUT2D eigenvalue weighted by atomic mass is 9.98. The smallest absolute Gasteiger partial charge is 0.306 e.